The molecule has 0 saturated carbocycles. The Morgan fingerprint density at radius 3 is 1.73 bits per heavy atom. The van der Waals surface area contributed by atoms with Crippen molar-refractivity contribution in [1.82, 2.24) is 9.80 Å². The Kier molecular flexibility index (Phi) is 14.1. The van der Waals surface area contributed by atoms with Gasteiger partial charge in [0.15, 0.2) is 0 Å². The van der Waals surface area contributed by atoms with Crippen LogP contribution in [0.15, 0.2) is 48.5 Å². The minimum Gasteiger partial charge on any atom is -0.491 e. The average molecular weight is 574 g/mol. The number of rotatable bonds is 18. The fourth-order valence-electron chi connectivity index (χ4n) is 3.76. The van der Waals surface area contributed by atoms with Crippen molar-refractivity contribution in [2.45, 2.75) is 50.9 Å². The number of carbonyl (C=O) groups excluding carboxylic acids is 2. The summed E-state index contributed by atoms with van der Waals surface area (Å²) in [5, 5.41) is 10.1. The SMILES string of the molecule is CCC(COc1ccc(C(C)(N)c2ccc(OCC(O)COC(=O)CCN(C)C)cc2)cc1)OC(=O)CCN(C)C. The molecule has 0 bridgehead atoms. The van der Waals surface area contributed by atoms with Crippen LogP contribution in [-0.4, -0.2) is 100 Å². The summed E-state index contributed by atoms with van der Waals surface area (Å²) in [6.07, 6.45) is 0.0337. The third kappa shape index (κ3) is 12.5. The van der Waals surface area contributed by atoms with E-state index in [-0.39, 0.29) is 44.3 Å². The Hall–Kier alpha value is -3.18. The predicted octanol–water partition coefficient (Wildman–Crippen LogP) is 2.80. The zero-order valence-electron chi connectivity index (χ0n) is 25.3. The Balaban J connectivity index is 1.85. The van der Waals surface area contributed by atoms with E-state index in [1.165, 1.54) is 0 Å². The predicted molar refractivity (Wildman–Crippen MR) is 158 cm³/mol. The van der Waals surface area contributed by atoms with Crippen LogP contribution in [0.5, 0.6) is 11.5 Å². The molecule has 0 aliphatic heterocycles. The van der Waals surface area contributed by atoms with Crippen molar-refractivity contribution < 1.29 is 33.6 Å². The topological polar surface area (TPSA) is 124 Å². The Morgan fingerprint density at radius 2 is 1.27 bits per heavy atom. The van der Waals surface area contributed by atoms with E-state index in [0.29, 0.717) is 37.4 Å². The van der Waals surface area contributed by atoms with Crippen LogP contribution in [0, 0.1) is 0 Å². The first-order valence-electron chi connectivity index (χ1n) is 14.0. The molecule has 10 nitrogen and oxygen atoms in total. The molecule has 228 valence electrons. The zero-order chi connectivity index (χ0) is 30.4. The summed E-state index contributed by atoms with van der Waals surface area (Å²) < 4.78 is 22.1. The summed E-state index contributed by atoms with van der Waals surface area (Å²) in [5.74, 6) is 0.649. The number of aliphatic hydroxyl groups excluding tert-OH is 1. The van der Waals surface area contributed by atoms with Gasteiger partial charge in [-0.3, -0.25) is 9.59 Å². The van der Waals surface area contributed by atoms with E-state index in [1.54, 1.807) is 12.1 Å². The number of carbonyl (C=O) groups is 2. The average Bonchev–Trinajstić information content (AvgIpc) is 2.95. The lowest BCUT2D eigenvalue weighted by molar-refractivity contribution is -0.151. The third-order valence-corrected chi connectivity index (χ3v) is 6.50. The summed E-state index contributed by atoms with van der Waals surface area (Å²) in [5.41, 5.74) is 7.71. The van der Waals surface area contributed by atoms with Crippen LogP contribution in [0.3, 0.4) is 0 Å². The standard InChI is InChI=1S/C31H47N3O7/c1-7-26(41-30(37)17-19-34(5)6)22-39-28-14-10-24(11-15-28)31(2,32)23-8-12-27(13-9-23)38-20-25(35)21-40-29(36)16-18-33(3)4/h8-15,25-26,35H,7,16-22,32H2,1-6H3. The van der Waals surface area contributed by atoms with Crippen LogP contribution in [-0.2, 0) is 24.6 Å². The second-order valence-corrected chi connectivity index (χ2v) is 10.8. The number of esters is 2. The van der Waals surface area contributed by atoms with Gasteiger partial charge in [0.05, 0.1) is 18.4 Å². The molecule has 41 heavy (non-hydrogen) atoms. The van der Waals surface area contributed by atoms with Gasteiger partial charge in [-0.05, 0) is 76.9 Å². The van der Waals surface area contributed by atoms with Crippen molar-refractivity contribution in [3.8, 4) is 11.5 Å². The van der Waals surface area contributed by atoms with Gasteiger partial charge in [0.2, 0.25) is 0 Å². The number of aliphatic hydroxyl groups is 1. The molecule has 0 saturated heterocycles. The van der Waals surface area contributed by atoms with Crippen LogP contribution in [0.1, 0.15) is 44.2 Å². The van der Waals surface area contributed by atoms with Crippen LogP contribution in [0.25, 0.3) is 0 Å². The van der Waals surface area contributed by atoms with E-state index in [1.807, 2.05) is 88.2 Å². The zero-order valence-corrected chi connectivity index (χ0v) is 25.3. The summed E-state index contributed by atoms with van der Waals surface area (Å²) in [6.45, 7) is 5.27. The minimum atomic E-state index is -0.929. The van der Waals surface area contributed by atoms with Crippen LogP contribution in [0.2, 0.25) is 0 Å². The molecule has 3 N–H and O–H groups in total. The van der Waals surface area contributed by atoms with Crippen molar-refractivity contribution in [3.05, 3.63) is 59.7 Å². The van der Waals surface area contributed by atoms with E-state index in [4.69, 9.17) is 24.7 Å². The molecule has 0 amide bonds. The van der Waals surface area contributed by atoms with E-state index in [0.717, 1.165) is 11.1 Å². The van der Waals surface area contributed by atoms with E-state index < -0.39 is 11.6 Å². The van der Waals surface area contributed by atoms with Crippen molar-refractivity contribution in [2.75, 3.05) is 61.1 Å². The molecule has 0 heterocycles. The van der Waals surface area contributed by atoms with E-state index in [9.17, 15) is 14.7 Å². The van der Waals surface area contributed by atoms with E-state index in [2.05, 4.69) is 0 Å². The van der Waals surface area contributed by atoms with Crippen LogP contribution in [0.4, 0.5) is 0 Å². The molecule has 2 aromatic rings. The van der Waals surface area contributed by atoms with Gasteiger partial charge in [-0.25, -0.2) is 0 Å². The molecular formula is C31H47N3O7. The van der Waals surface area contributed by atoms with Crippen molar-refractivity contribution in [2.24, 2.45) is 5.73 Å². The fourth-order valence-corrected chi connectivity index (χ4v) is 3.76. The minimum absolute atomic E-state index is 0.00413. The quantitative estimate of drug-likeness (QED) is 0.257. The Labute approximate surface area is 244 Å². The molecule has 0 spiro atoms. The number of hydrogen-bond acceptors (Lipinski definition) is 10. The van der Waals surface area contributed by atoms with Gasteiger partial charge >= 0.3 is 11.9 Å². The molecule has 10 heteroatoms. The van der Waals surface area contributed by atoms with Gasteiger partial charge in [0.1, 0.15) is 43.5 Å². The summed E-state index contributed by atoms with van der Waals surface area (Å²) in [4.78, 5) is 27.6. The first-order chi connectivity index (χ1) is 19.4. The van der Waals surface area contributed by atoms with Gasteiger partial charge in [-0.2, -0.15) is 0 Å². The lowest BCUT2D eigenvalue weighted by atomic mass is 9.86. The second-order valence-electron chi connectivity index (χ2n) is 10.8. The number of nitrogens with two attached hydrogens (primary N) is 1. The second kappa shape index (κ2) is 16.9. The van der Waals surface area contributed by atoms with Crippen molar-refractivity contribution in [1.29, 1.82) is 0 Å². The molecule has 0 aromatic heterocycles. The molecule has 0 aliphatic rings. The number of hydrogen-bond donors (Lipinski definition) is 2. The van der Waals surface area contributed by atoms with Gasteiger partial charge < -0.3 is 39.6 Å². The molecule has 3 atom stereocenters. The van der Waals surface area contributed by atoms with E-state index >= 15 is 0 Å². The Bertz CT molecular complexity index is 1060. The summed E-state index contributed by atoms with van der Waals surface area (Å²) in [7, 11) is 7.58. The highest BCUT2D eigenvalue weighted by Crippen LogP contribution is 2.29. The van der Waals surface area contributed by atoms with Crippen LogP contribution >= 0.6 is 0 Å². The monoisotopic (exact) mass is 573 g/mol. The normalized spacial score (nSPS) is 14.3. The molecule has 0 fully saturated rings. The lowest BCUT2D eigenvalue weighted by Crippen LogP contribution is -2.34. The molecule has 0 aliphatic carbocycles. The molecule has 0 radical (unpaired) electrons. The summed E-state index contributed by atoms with van der Waals surface area (Å²) in [6, 6.07) is 14.9. The fraction of sp³-hybridized carbons (Fsp3) is 0.548. The smallest absolute Gasteiger partial charge is 0.307 e. The summed E-state index contributed by atoms with van der Waals surface area (Å²) >= 11 is 0. The highest BCUT2D eigenvalue weighted by Gasteiger charge is 2.24. The molecule has 2 rings (SSSR count). The number of nitrogens with zero attached hydrogens (tertiary/aromatic N) is 2. The maximum Gasteiger partial charge on any atom is 0.307 e. The molecular weight excluding hydrogens is 526 g/mol. The Morgan fingerprint density at radius 1 is 0.805 bits per heavy atom. The van der Waals surface area contributed by atoms with Crippen LogP contribution < -0.4 is 15.2 Å². The number of ether oxygens (including phenoxy) is 4. The van der Waals surface area contributed by atoms with Crippen molar-refractivity contribution >= 4 is 11.9 Å². The van der Waals surface area contributed by atoms with Gasteiger partial charge in [-0.1, -0.05) is 31.2 Å². The molecule has 2 aromatic carbocycles. The lowest BCUT2D eigenvalue weighted by Gasteiger charge is -2.26. The van der Waals surface area contributed by atoms with Crippen molar-refractivity contribution in [3.63, 3.8) is 0 Å². The first-order valence-corrected chi connectivity index (χ1v) is 14.0. The first kappa shape index (κ1) is 34.0. The highest BCUT2D eigenvalue weighted by molar-refractivity contribution is 5.70. The third-order valence-electron chi connectivity index (χ3n) is 6.50. The highest BCUT2D eigenvalue weighted by atomic mass is 16.6. The molecule has 3 unspecified atom stereocenters. The van der Waals surface area contributed by atoms with Gasteiger partial charge in [-0.15, -0.1) is 0 Å². The number of benzene rings is 2. The van der Waals surface area contributed by atoms with Gasteiger partial charge in [0, 0.05) is 13.1 Å². The van der Waals surface area contributed by atoms with Gasteiger partial charge in [0.25, 0.3) is 0 Å². The maximum absolute atomic E-state index is 12.0. The largest absolute Gasteiger partial charge is 0.491 e. The maximum atomic E-state index is 12.0.